The topological polar surface area (TPSA) is 70.6 Å². The highest BCUT2D eigenvalue weighted by molar-refractivity contribution is 5.74. The first-order valence-electron chi connectivity index (χ1n) is 7.25. The van der Waals surface area contributed by atoms with E-state index in [0.29, 0.717) is 13.2 Å². The maximum Gasteiger partial charge on any atom is 0.315 e. The molecule has 0 unspecified atom stereocenters. The second-order valence-corrected chi connectivity index (χ2v) is 4.98. The van der Waals surface area contributed by atoms with Crippen molar-refractivity contribution >= 4 is 6.03 Å². The highest BCUT2D eigenvalue weighted by Crippen LogP contribution is 2.12. The molecule has 1 aliphatic heterocycles. The molecule has 2 amide bonds. The summed E-state index contributed by atoms with van der Waals surface area (Å²) in [5.41, 5.74) is 2.21. The Kier molecular flexibility index (Phi) is 6.24. The van der Waals surface area contributed by atoms with E-state index >= 15 is 0 Å². The zero-order valence-corrected chi connectivity index (χ0v) is 12.0. The average molecular weight is 290 g/mol. The molecule has 0 fully saturated rings. The summed E-state index contributed by atoms with van der Waals surface area (Å²) in [6, 6.07) is 8.80. The van der Waals surface area contributed by atoms with Crippen LogP contribution in [0.1, 0.15) is 24.4 Å². The van der Waals surface area contributed by atoms with Gasteiger partial charge in [0, 0.05) is 6.54 Å². The monoisotopic (exact) mass is 290 g/mol. The first-order valence-corrected chi connectivity index (χ1v) is 7.25. The van der Waals surface area contributed by atoms with Gasteiger partial charge in [-0.2, -0.15) is 0 Å². The average Bonchev–Trinajstić information content (AvgIpc) is 2.54. The van der Waals surface area contributed by atoms with E-state index in [4.69, 9.17) is 4.74 Å². The molecule has 0 radical (unpaired) electrons. The molecule has 0 saturated heterocycles. The second kappa shape index (κ2) is 8.44. The van der Waals surface area contributed by atoms with Crippen LogP contribution in [0.15, 0.2) is 42.0 Å². The van der Waals surface area contributed by atoms with Crippen molar-refractivity contribution in [2.24, 2.45) is 0 Å². The molecule has 1 aliphatic rings. The van der Waals surface area contributed by atoms with Gasteiger partial charge in [-0.15, -0.1) is 0 Å². The van der Waals surface area contributed by atoms with Crippen LogP contribution in [0.5, 0.6) is 0 Å². The number of aliphatic hydroxyl groups excluding tert-OH is 1. The number of carbonyl (C=O) groups is 1. The number of benzene rings is 1. The lowest BCUT2D eigenvalue weighted by Crippen LogP contribution is -2.39. The van der Waals surface area contributed by atoms with E-state index in [1.165, 1.54) is 5.57 Å². The highest BCUT2D eigenvalue weighted by atomic mass is 16.5. The van der Waals surface area contributed by atoms with Crippen LogP contribution in [0, 0.1) is 0 Å². The molecule has 0 spiro atoms. The van der Waals surface area contributed by atoms with Crippen LogP contribution in [0.2, 0.25) is 0 Å². The van der Waals surface area contributed by atoms with E-state index < -0.39 is 0 Å². The largest absolute Gasteiger partial charge is 0.394 e. The Balaban J connectivity index is 1.74. The number of nitrogens with one attached hydrogen (secondary N) is 2. The molecular formula is C16H22N2O3. The Hall–Kier alpha value is -1.85. The molecule has 5 nitrogen and oxygen atoms in total. The molecule has 5 heteroatoms. The summed E-state index contributed by atoms with van der Waals surface area (Å²) in [7, 11) is 0. The van der Waals surface area contributed by atoms with E-state index in [1.807, 2.05) is 30.3 Å². The van der Waals surface area contributed by atoms with Crippen LogP contribution in [0.25, 0.3) is 0 Å². The van der Waals surface area contributed by atoms with E-state index in [2.05, 4.69) is 16.7 Å². The molecule has 0 saturated carbocycles. The molecule has 1 atom stereocenters. The summed E-state index contributed by atoms with van der Waals surface area (Å²) >= 11 is 0. The van der Waals surface area contributed by atoms with Gasteiger partial charge >= 0.3 is 6.03 Å². The van der Waals surface area contributed by atoms with E-state index in [-0.39, 0.29) is 18.7 Å². The number of hydrogen-bond donors (Lipinski definition) is 3. The molecule has 0 aromatic heterocycles. The van der Waals surface area contributed by atoms with Crippen LogP contribution < -0.4 is 10.6 Å². The molecule has 0 bridgehead atoms. The van der Waals surface area contributed by atoms with Crippen molar-refractivity contribution in [1.82, 2.24) is 10.6 Å². The van der Waals surface area contributed by atoms with Crippen molar-refractivity contribution < 1.29 is 14.6 Å². The number of carbonyl (C=O) groups excluding carboxylic acids is 1. The van der Waals surface area contributed by atoms with Gasteiger partial charge in [-0.25, -0.2) is 4.79 Å². The number of aliphatic hydroxyl groups is 1. The normalized spacial score (nSPS) is 16.0. The molecule has 1 aromatic carbocycles. The highest BCUT2D eigenvalue weighted by Gasteiger charge is 2.13. The van der Waals surface area contributed by atoms with Crippen LogP contribution in [-0.2, 0) is 4.74 Å². The Morgan fingerprint density at radius 2 is 2.14 bits per heavy atom. The predicted molar refractivity (Wildman–Crippen MR) is 80.9 cm³/mol. The molecule has 2 rings (SSSR count). The van der Waals surface area contributed by atoms with E-state index in [0.717, 1.165) is 25.0 Å². The number of ether oxygens (including phenoxy) is 1. The minimum Gasteiger partial charge on any atom is -0.394 e. The second-order valence-electron chi connectivity index (χ2n) is 4.98. The standard InChI is InChI=1S/C16H22N2O3/c19-12-15(14-4-2-1-3-5-14)18-16(20)17-9-6-13-7-10-21-11-8-13/h1-5,7,15,19H,6,8-12H2,(H2,17,18,20)/t15-/m0/s1. The Labute approximate surface area is 125 Å². The third kappa shape index (κ3) is 5.21. The Bertz CT molecular complexity index is 474. The number of urea groups is 1. The van der Waals surface area contributed by atoms with Gasteiger partial charge in [0.15, 0.2) is 0 Å². The fraction of sp³-hybridized carbons (Fsp3) is 0.438. The maximum atomic E-state index is 11.8. The summed E-state index contributed by atoms with van der Waals surface area (Å²) in [4.78, 5) is 11.8. The lowest BCUT2D eigenvalue weighted by atomic mass is 10.1. The predicted octanol–water partition coefficient (Wildman–Crippen LogP) is 1.76. The molecule has 0 aliphatic carbocycles. The fourth-order valence-electron chi connectivity index (χ4n) is 2.26. The first kappa shape index (κ1) is 15.5. The van der Waals surface area contributed by atoms with Crippen molar-refractivity contribution in [3.63, 3.8) is 0 Å². The third-order valence-electron chi connectivity index (χ3n) is 3.48. The van der Waals surface area contributed by atoms with E-state index in [1.54, 1.807) is 0 Å². The van der Waals surface area contributed by atoms with Gasteiger partial charge < -0.3 is 20.5 Å². The van der Waals surface area contributed by atoms with Crippen molar-refractivity contribution in [2.75, 3.05) is 26.4 Å². The van der Waals surface area contributed by atoms with Gasteiger partial charge in [0.1, 0.15) is 0 Å². The van der Waals surface area contributed by atoms with Gasteiger partial charge in [0.25, 0.3) is 0 Å². The van der Waals surface area contributed by atoms with Crippen LogP contribution >= 0.6 is 0 Å². The van der Waals surface area contributed by atoms with Gasteiger partial charge in [0.05, 0.1) is 25.9 Å². The van der Waals surface area contributed by atoms with E-state index in [9.17, 15) is 9.90 Å². The summed E-state index contributed by atoms with van der Waals surface area (Å²) < 4.78 is 5.24. The van der Waals surface area contributed by atoms with Crippen molar-refractivity contribution in [1.29, 1.82) is 0 Å². The quantitative estimate of drug-likeness (QED) is 0.699. The van der Waals surface area contributed by atoms with Crippen LogP contribution in [-0.4, -0.2) is 37.5 Å². The third-order valence-corrected chi connectivity index (χ3v) is 3.48. The van der Waals surface area contributed by atoms with Gasteiger partial charge in [-0.05, 0) is 18.4 Å². The van der Waals surface area contributed by atoms with Crippen molar-refractivity contribution in [2.45, 2.75) is 18.9 Å². The zero-order valence-electron chi connectivity index (χ0n) is 12.0. The summed E-state index contributed by atoms with van der Waals surface area (Å²) in [6.07, 6.45) is 3.85. The molecule has 21 heavy (non-hydrogen) atoms. The SMILES string of the molecule is O=C(NCCC1=CCOCC1)N[C@@H](CO)c1ccccc1. The number of hydrogen-bond acceptors (Lipinski definition) is 3. The Morgan fingerprint density at radius 1 is 1.33 bits per heavy atom. The van der Waals surface area contributed by atoms with Crippen molar-refractivity contribution in [3.8, 4) is 0 Å². The van der Waals surface area contributed by atoms with Crippen LogP contribution in [0.4, 0.5) is 4.79 Å². The Morgan fingerprint density at radius 3 is 2.81 bits per heavy atom. The molecule has 114 valence electrons. The smallest absolute Gasteiger partial charge is 0.315 e. The molecule has 3 N–H and O–H groups in total. The first-order chi connectivity index (χ1) is 10.3. The minimum atomic E-state index is -0.381. The summed E-state index contributed by atoms with van der Waals surface area (Å²) in [5, 5.41) is 15.0. The number of amides is 2. The zero-order chi connectivity index (χ0) is 14.9. The minimum absolute atomic E-state index is 0.125. The molecular weight excluding hydrogens is 268 g/mol. The van der Waals surface area contributed by atoms with Crippen molar-refractivity contribution in [3.05, 3.63) is 47.5 Å². The lowest BCUT2D eigenvalue weighted by Gasteiger charge is -2.18. The summed E-state index contributed by atoms with van der Waals surface area (Å²) in [6.45, 7) is 1.89. The van der Waals surface area contributed by atoms with Crippen LogP contribution in [0.3, 0.4) is 0 Å². The van der Waals surface area contributed by atoms with Gasteiger partial charge in [-0.1, -0.05) is 42.0 Å². The number of rotatable bonds is 6. The lowest BCUT2D eigenvalue weighted by molar-refractivity contribution is 0.153. The van der Waals surface area contributed by atoms with Gasteiger partial charge in [0.2, 0.25) is 0 Å². The summed E-state index contributed by atoms with van der Waals surface area (Å²) in [5.74, 6) is 0. The maximum absolute atomic E-state index is 11.8. The fourth-order valence-corrected chi connectivity index (χ4v) is 2.26. The van der Waals surface area contributed by atoms with Gasteiger partial charge in [-0.3, -0.25) is 0 Å². The molecule has 1 heterocycles. The molecule has 1 aromatic rings.